The van der Waals surface area contributed by atoms with Gasteiger partial charge in [0, 0.05) is 18.3 Å². The van der Waals surface area contributed by atoms with Gasteiger partial charge >= 0.3 is 5.97 Å². The third-order valence-electron chi connectivity index (χ3n) is 3.40. The van der Waals surface area contributed by atoms with Crippen LogP contribution in [0.25, 0.3) is 0 Å². The zero-order valence-corrected chi connectivity index (χ0v) is 12.0. The van der Waals surface area contributed by atoms with Crippen LogP contribution in [0.1, 0.15) is 34.1 Å². The van der Waals surface area contributed by atoms with Gasteiger partial charge in [-0.2, -0.15) is 11.8 Å². The number of thioether (sulfide) groups is 1. The van der Waals surface area contributed by atoms with Crippen molar-refractivity contribution in [1.29, 1.82) is 0 Å². The molecular formula is C14H16FNO3S. The van der Waals surface area contributed by atoms with Gasteiger partial charge in [-0.15, -0.1) is 0 Å². The van der Waals surface area contributed by atoms with Gasteiger partial charge in [-0.3, -0.25) is 4.79 Å². The van der Waals surface area contributed by atoms with Crippen molar-refractivity contribution in [3.63, 3.8) is 0 Å². The van der Waals surface area contributed by atoms with E-state index in [1.807, 2.05) is 6.92 Å². The molecule has 1 unspecified atom stereocenters. The van der Waals surface area contributed by atoms with Crippen molar-refractivity contribution in [2.75, 3.05) is 18.1 Å². The Morgan fingerprint density at radius 1 is 1.40 bits per heavy atom. The number of amides is 1. The Labute approximate surface area is 121 Å². The van der Waals surface area contributed by atoms with Crippen LogP contribution in [0.4, 0.5) is 4.39 Å². The van der Waals surface area contributed by atoms with E-state index in [0.717, 1.165) is 24.0 Å². The molecule has 6 heteroatoms. The minimum atomic E-state index is -1.21. The van der Waals surface area contributed by atoms with Crippen molar-refractivity contribution in [3.05, 3.63) is 35.1 Å². The van der Waals surface area contributed by atoms with Gasteiger partial charge in [0.05, 0.1) is 11.1 Å². The van der Waals surface area contributed by atoms with Crippen LogP contribution in [-0.4, -0.2) is 46.0 Å². The number of hydrogen-bond donors (Lipinski definition) is 1. The van der Waals surface area contributed by atoms with Gasteiger partial charge in [-0.25, -0.2) is 9.18 Å². The molecule has 0 radical (unpaired) electrons. The normalized spacial score (nSPS) is 19.5. The topological polar surface area (TPSA) is 57.6 Å². The summed E-state index contributed by atoms with van der Waals surface area (Å²) >= 11 is 1.78. The second kappa shape index (κ2) is 6.26. The molecule has 1 fully saturated rings. The third kappa shape index (κ3) is 3.12. The molecular weight excluding hydrogens is 281 g/mol. The zero-order valence-electron chi connectivity index (χ0n) is 11.1. The lowest BCUT2D eigenvalue weighted by atomic mass is 10.1. The molecule has 1 saturated heterocycles. The Kier molecular flexibility index (Phi) is 4.65. The second-order valence-corrected chi connectivity index (χ2v) is 5.97. The lowest BCUT2D eigenvalue weighted by Crippen LogP contribution is -2.39. The van der Waals surface area contributed by atoms with Gasteiger partial charge in [0.15, 0.2) is 0 Å². The first-order valence-corrected chi connectivity index (χ1v) is 7.57. The highest BCUT2D eigenvalue weighted by molar-refractivity contribution is 7.99. The van der Waals surface area contributed by atoms with E-state index in [4.69, 9.17) is 5.11 Å². The fourth-order valence-electron chi connectivity index (χ4n) is 2.17. The summed E-state index contributed by atoms with van der Waals surface area (Å²) in [6, 6.07) is 3.48. The number of nitrogens with zero attached hydrogens (tertiary/aromatic N) is 1. The van der Waals surface area contributed by atoms with Crippen molar-refractivity contribution in [3.8, 4) is 0 Å². The van der Waals surface area contributed by atoms with Crippen molar-refractivity contribution in [1.82, 2.24) is 4.90 Å². The minimum Gasteiger partial charge on any atom is -0.478 e. The van der Waals surface area contributed by atoms with Gasteiger partial charge in [0.25, 0.3) is 5.91 Å². The summed E-state index contributed by atoms with van der Waals surface area (Å²) in [5.41, 5.74) is -0.215. The molecule has 1 aromatic carbocycles. The van der Waals surface area contributed by atoms with Crippen molar-refractivity contribution in [2.24, 2.45) is 0 Å². The Hall–Kier alpha value is -1.56. The van der Waals surface area contributed by atoms with E-state index in [1.54, 1.807) is 16.7 Å². The molecule has 0 spiro atoms. The van der Waals surface area contributed by atoms with Crippen LogP contribution in [0.15, 0.2) is 18.2 Å². The molecule has 1 aromatic rings. The van der Waals surface area contributed by atoms with Crippen LogP contribution in [0.2, 0.25) is 0 Å². The van der Waals surface area contributed by atoms with E-state index in [0.29, 0.717) is 6.54 Å². The molecule has 1 aliphatic heterocycles. The number of aromatic carboxylic acids is 1. The highest BCUT2D eigenvalue weighted by Gasteiger charge is 2.25. The van der Waals surface area contributed by atoms with Gasteiger partial charge in [-0.1, -0.05) is 0 Å². The van der Waals surface area contributed by atoms with E-state index in [-0.39, 0.29) is 23.1 Å². The molecule has 4 nitrogen and oxygen atoms in total. The van der Waals surface area contributed by atoms with Crippen LogP contribution in [0.5, 0.6) is 0 Å². The molecule has 20 heavy (non-hydrogen) atoms. The fraction of sp³-hybridized carbons (Fsp3) is 0.429. The molecule has 1 atom stereocenters. The van der Waals surface area contributed by atoms with Crippen molar-refractivity contribution < 1.29 is 19.1 Å². The first-order chi connectivity index (χ1) is 9.50. The predicted octanol–water partition coefficient (Wildman–Crippen LogP) is 2.49. The summed E-state index contributed by atoms with van der Waals surface area (Å²) in [7, 11) is 0. The van der Waals surface area contributed by atoms with Crippen LogP contribution >= 0.6 is 11.8 Å². The lowest BCUT2D eigenvalue weighted by Gasteiger charge is -2.27. The van der Waals surface area contributed by atoms with Gasteiger partial charge in [-0.05, 0) is 37.3 Å². The number of benzene rings is 1. The quantitative estimate of drug-likeness (QED) is 0.911. The number of carbonyl (C=O) groups excluding carboxylic acids is 1. The van der Waals surface area contributed by atoms with E-state index in [9.17, 15) is 14.0 Å². The molecule has 1 aliphatic rings. The number of hydrogen-bond acceptors (Lipinski definition) is 3. The van der Waals surface area contributed by atoms with Crippen molar-refractivity contribution in [2.45, 2.75) is 19.4 Å². The number of carboxylic acid groups (broad SMARTS) is 1. The predicted molar refractivity (Wildman–Crippen MR) is 75.8 cm³/mol. The van der Waals surface area contributed by atoms with Crippen LogP contribution in [0, 0.1) is 5.82 Å². The van der Waals surface area contributed by atoms with Gasteiger partial charge in [0.2, 0.25) is 0 Å². The molecule has 108 valence electrons. The molecule has 0 aliphatic carbocycles. The van der Waals surface area contributed by atoms with Crippen LogP contribution in [0.3, 0.4) is 0 Å². The summed E-state index contributed by atoms with van der Waals surface area (Å²) in [5, 5.41) is 8.80. The fourth-order valence-corrected chi connectivity index (χ4v) is 3.21. The Bertz CT molecular complexity index is 535. The minimum absolute atomic E-state index is 0.0613. The summed E-state index contributed by atoms with van der Waals surface area (Å²) in [6.45, 7) is 2.54. The molecule has 1 amide bonds. The van der Waals surface area contributed by atoms with E-state index < -0.39 is 11.8 Å². The monoisotopic (exact) mass is 297 g/mol. The Balaban J connectivity index is 2.26. The first-order valence-electron chi connectivity index (χ1n) is 6.42. The first kappa shape index (κ1) is 14.8. The average molecular weight is 297 g/mol. The standard InChI is InChI=1S/C14H16FNO3S/c1-9-4-6-20-7-5-16(9)13(17)11-3-2-10(14(18)19)8-12(11)15/h2-3,8-9H,4-7H2,1H3,(H,18,19). The number of rotatable bonds is 2. The summed E-state index contributed by atoms with van der Waals surface area (Å²) in [6.07, 6.45) is 0.880. The maximum atomic E-state index is 13.9. The average Bonchev–Trinajstić information content (AvgIpc) is 2.62. The highest BCUT2D eigenvalue weighted by Crippen LogP contribution is 2.20. The van der Waals surface area contributed by atoms with Gasteiger partial charge < -0.3 is 10.0 Å². The second-order valence-electron chi connectivity index (χ2n) is 4.75. The largest absolute Gasteiger partial charge is 0.478 e. The molecule has 0 aromatic heterocycles. The Morgan fingerprint density at radius 2 is 2.15 bits per heavy atom. The van der Waals surface area contributed by atoms with E-state index in [1.165, 1.54) is 12.1 Å². The summed E-state index contributed by atoms with van der Waals surface area (Å²) in [5.74, 6) is -0.521. The number of halogens is 1. The SMILES string of the molecule is CC1CCSCCN1C(=O)c1ccc(C(=O)O)cc1F. The lowest BCUT2D eigenvalue weighted by molar-refractivity contribution is 0.0683. The summed E-state index contributed by atoms with van der Waals surface area (Å²) in [4.78, 5) is 24.8. The Morgan fingerprint density at radius 3 is 2.80 bits per heavy atom. The van der Waals surface area contributed by atoms with Gasteiger partial charge in [0.1, 0.15) is 5.82 Å². The van der Waals surface area contributed by atoms with Crippen LogP contribution in [-0.2, 0) is 0 Å². The van der Waals surface area contributed by atoms with E-state index >= 15 is 0 Å². The molecule has 1 N–H and O–H groups in total. The molecule has 0 bridgehead atoms. The maximum Gasteiger partial charge on any atom is 0.335 e. The zero-order chi connectivity index (χ0) is 14.7. The molecule has 2 rings (SSSR count). The molecule has 0 saturated carbocycles. The summed E-state index contributed by atoms with van der Waals surface area (Å²) < 4.78 is 13.9. The smallest absolute Gasteiger partial charge is 0.335 e. The van der Waals surface area contributed by atoms with E-state index in [2.05, 4.69) is 0 Å². The van der Waals surface area contributed by atoms with Crippen molar-refractivity contribution >= 4 is 23.6 Å². The maximum absolute atomic E-state index is 13.9. The van der Waals surface area contributed by atoms with Crippen LogP contribution < -0.4 is 0 Å². The third-order valence-corrected chi connectivity index (χ3v) is 4.39. The highest BCUT2D eigenvalue weighted by atomic mass is 32.2. The molecule has 1 heterocycles. The number of carboxylic acids is 1. The number of carbonyl (C=O) groups is 2.